The maximum atomic E-state index is 12.5. The van der Waals surface area contributed by atoms with Crippen LogP contribution in [0.1, 0.15) is 22.9 Å². The second kappa shape index (κ2) is 5.16. The fraction of sp³-hybridized carbons (Fsp3) is 0.538. The molecule has 1 aromatic rings. The molecule has 0 aromatic carbocycles. The van der Waals surface area contributed by atoms with Gasteiger partial charge in [0.05, 0.1) is 12.1 Å². The predicted molar refractivity (Wildman–Crippen MR) is 72.5 cm³/mol. The number of aliphatic carboxylic acids is 1. The molecule has 2 aliphatic rings. The Morgan fingerprint density at radius 2 is 2.25 bits per heavy atom. The molecule has 1 aromatic heterocycles. The number of aliphatic hydroxyl groups excluding tert-OH is 1. The summed E-state index contributed by atoms with van der Waals surface area (Å²) in [6, 6.07) is 0.402. The van der Waals surface area contributed by atoms with Crippen LogP contribution in [0.25, 0.3) is 0 Å². The van der Waals surface area contributed by atoms with Gasteiger partial charge in [-0.2, -0.15) is 0 Å². The van der Waals surface area contributed by atoms with E-state index >= 15 is 0 Å². The van der Waals surface area contributed by atoms with E-state index in [4.69, 9.17) is 0 Å². The van der Waals surface area contributed by atoms with Crippen LogP contribution in [0.4, 0.5) is 0 Å². The molecule has 108 valence electrons. The highest BCUT2D eigenvalue weighted by Gasteiger charge is 2.40. The minimum atomic E-state index is -1.00. The third kappa shape index (κ3) is 2.21. The van der Waals surface area contributed by atoms with Crippen LogP contribution in [0.2, 0.25) is 0 Å². The molecule has 2 aliphatic heterocycles. The second-order valence-corrected chi connectivity index (χ2v) is 6.17. The summed E-state index contributed by atoms with van der Waals surface area (Å²) >= 11 is 1.54. The van der Waals surface area contributed by atoms with Crippen molar-refractivity contribution in [2.45, 2.75) is 31.0 Å². The Labute approximate surface area is 120 Å². The molecule has 0 saturated carbocycles. The Kier molecular flexibility index (Phi) is 3.49. The van der Waals surface area contributed by atoms with Gasteiger partial charge in [-0.1, -0.05) is 0 Å². The van der Waals surface area contributed by atoms with Gasteiger partial charge in [-0.15, -0.1) is 11.3 Å². The number of thiophene rings is 1. The fourth-order valence-electron chi connectivity index (χ4n) is 2.93. The molecule has 1 fully saturated rings. The molecule has 7 heteroatoms. The molecular weight excluding hydrogens is 280 g/mol. The summed E-state index contributed by atoms with van der Waals surface area (Å²) in [6.45, 7) is 0.795. The van der Waals surface area contributed by atoms with Gasteiger partial charge >= 0.3 is 5.97 Å². The van der Waals surface area contributed by atoms with E-state index in [1.807, 2.05) is 5.38 Å². The molecule has 0 radical (unpaired) electrons. The number of hydrogen-bond acceptors (Lipinski definition) is 5. The summed E-state index contributed by atoms with van der Waals surface area (Å²) < 4.78 is 0. The number of aliphatic hydroxyl groups is 1. The van der Waals surface area contributed by atoms with E-state index in [-0.39, 0.29) is 5.91 Å². The molecule has 0 spiro atoms. The number of β-amino-alcohol motifs (C(OH)–C–C–N with tert-alkyl or cyclic N) is 1. The van der Waals surface area contributed by atoms with Crippen LogP contribution in [0, 0.1) is 0 Å². The number of carboxylic acid groups (broad SMARTS) is 1. The van der Waals surface area contributed by atoms with Crippen LogP contribution in [-0.2, 0) is 16.0 Å². The first-order valence-corrected chi connectivity index (χ1v) is 7.47. The highest BCUT2D eigenvalue weighted by molar-refractivity contribution is 7.10. The minimum Gasteiger partial charge on any atom is -0.479 e. The number of carbonyl (C=O) groups is 2. The third-order valence-corrected chi connectivity index (χ3v) is 4.89. The topological polar surface area (TPSA) is 89.9 Å². The van der Waals surface area contributed by atoms with Crippen LogP contribution in [-0.4, -0.2) is 52.2 Å². The first-order chi connectivity index (χ1) is 9.58. The summed E-state index contributed by atoms with van der Waals surface area (Å²) in [6.07, 6.45) is 0.504. The summed E-state index contributed by atoms with van der Waals surface area (Å²) in [7, 11) is 0. The van der Waals surface area contributed by atoms with E-state index in [2.05, 4.69) is 5.32 Å². The lowest BCUT2D eigenvalue weighted by Gasteiger charge is -2.34. The maximum absolute atomic E-state index is 12.5. The molecule has 0 bridgehead atoms. The average molecular weight is 296 g/mol. The van der Waals surface area contributed by atoms with Crippen molar-refractivity contribution in [1.82, 2.24) is 10.2 Å². The Hall–Kier alpha value is -1.44. The molecule has 6 nitrogen and oxygen atoms in total. The van der Waals surface area contributed by atoms with Crippen molar-refractivity contribution in [2.75, 3.05) is 13.1 Å². The van der Waals surface area contributed by atoms with Crippen LogP contribution in [0.5, 0.6) is 0 Å². The Morgan fingerprint density at radius 1 is 1.45 bits per heavy atom. The number of nitrogens with zero attached hydrogens (tertiary/aromatic N) is 1. The van der Waals surface area contributed by atoms with Crippen LogP contribution < -0.4 is 5.32 Å². The van der Waals surface area contributed by atoms with Crippen LogP contribution >= 0.6 is 11.3 Å². The fourth-order valence-corrected chi connectivity index (χ4v) is 3.83. The normalized spacial score (nSPS) is 29.2. The van der Waals surface area contributed by atoms with E-state index in [0.29, 0.717) is 25.9 Å². The molecule has 20 heavy (non-hydrogen) atoms. The van der Waals surface area contributed by atoms with Crippen molar-refractivity contribution in [3.8, 4) is 0 Å². The lowest BCUT2D eigenvalue weighted by Crippen LogP contribution is -2.49. The van der Waals surface area contributed by atoms with Gasteiger partial charge in [0.1, 0.15) is 0 Å². The van der Waals surface area contributed by atoms with Crippen LogP contribution in [0.15, 0.2) is 11.4 Å². The quantitative estimate of drug-likeness (QED) is 0.714. The van der Waals surface area contributed by atoms with Crippen molar-refractivity contribution < 1.29 is 19.8 Å². The summed E-state index contributed by atoms with van der Waals surface area (Å²) in [4.78, 5) is 26.5. The lowest BCUT2D eigenvalue weighted by molar-refractivity contribution is -0.152. The minimum absolute atomic E-state index is 0.231. The van der Waals surface area contributed by atoms with E-state index in [1.54, 1.807) is 6.07 Å². The molecule has 3 heterocycles. The first-order valence-electron chi connectivity index (χ1n) is 6.59. The SMILES string of the molecule is O=C(O)C1c2ccsc2CCN1C(=O)C1CC(O)CN1. The standard InChI is InChI=1S/C13H16N2O4S/c16-7-5-9(14-6-7)12(17)15-3-1-10-8(2-4-20-10)11(15)13(18)19/h2,4,7,9,11,14,16H,1,3,5-6H2,(H,18,19). The van der Waals surface area contributed by atoms with Gasteiger partial charge in [-0.05, 0) is 29.9 Å². The van der Waals surface area contributed by atoms with Gasteiger partial charge < -0.3 is 20.4 Å². The molecular formula is C13H16N2O4S. The second-order valence-electron chi connectivity index (χ2n) is 5.17. The van der Waals surface area contributed by atoms with Gasteiger partial charge in [0.2, 0.25) is 5.91 Å². The van der Waals surface area contributed by atoms with E-state index < -0.39 is 24.2 Å². The number of nitrogens with one attached hydrogen (secondary N) is 1. The molecule has 3 atom stereocenters. The van der Waals surface area contributed by atoms with E-state index in [9.17, 15) is 19.8 Å². The van der Waals surface area contributed by atoms with Gasteiger partial charge in [-0.25, -0.2) is 4.79 Å². The number of carboxylic acids is 1. The van der Waals surface area contributed by atoms with Crippen LogP contribution in [0.3, 0.4) is 0 Å². The highest BCUT2D eigenvalue weighted by Crippen LogP contribution is 2.34. The van der Waals surface area contributed by atoms with E-state index in [1.165, 1.54) is 16.2 Å². The van der Waals surface area contributed by atoms with Gasteiger partial charge in [0, 0.05) is 18.0 Å². The Morgan fingerprint density at radius 3 is 2.90 bits per heavy atom. The zero-order valence-corrected chi connectivity index (χ0v) is 11.6. The van der Waals surface area contributed by atoms with E-state index in [0.717, 1.165) is 10.4 Å². The Bertz CT molecular complexity index is 544. The number of carbonyl (C=O) groups excluding carboxylic acids is 1. The molecule has 3 N–H and O–H groups in total. The number of fused-ring (bicyclic) bond motifs is 1. The zero-order chi connectivity index (χ0) is 14.3. The summed E-state index contributed by atoms with van der Waals surface area (Å²) in [5.41, 5.74) is 0.723. The predicted octanol–water partition coefficient (Wildman–Crippen LogP) is -0.0187. The van der Waals surface area contributed by atoms with Crippen molar-refractivity contribution in [1.29, 1.82) is 0 Å². The number of amides is 1. The number of hydrogen-bond donors (Lipinski definition) is 3. The number of rotatable bonds is 2. The smallest absolute Gasteiger partial charge is 0.331 e. The third-order valence-electron chi connectivity index (χ3n) is 3.89. The van der Waals surface area contributed by atoms with Crippen molar-refractivity contribution in [2.24, 2.45) is 0 Å². The lowest BCUT2D eigenvalue weighted by atomic mass is 9.98. The zero-order valence-electron chi connectivity index (χ0n) is 10.8. The van der Waals surface area contributed by atoms with Crippen molar-refractivity contribution >= 4 is 23.2 Å². The molecule has 0 aliphatic carbocycles. The largest absolute Gasteiger partial charge is 0.479 e. The molecule has 3 rings (SSSR count). The highest BCUT2D eigenvalue weighted by atomic mass is 32.1. The first kappa shape index (κ1) is 13.5. The Balaban J connectivity index is 1.86. The van der Waals surface area contributed by atoms with Gasteiger partial charge in [0.25, 0.3) is 0 Å². The monoisotopic (exact) mass is 296 g/mol. The van der Waals surface area contributed by atoms with Crippen molar-refractivity contribution in [3.63, 3.8) is 0 Å². The summed E-state index contributed by atoms with van der Waals surface area (Å²) in [5.74, 6) is -1.23. The summed E-state index contributed by atoms with van der Waals surface area (Å²) in [5, 5.41) is 23.8. The van der Waals surface area contributed by atoms with Gasteiger partial charge in [-0.3, -0.25) is 4.79 Å². The molecule has 3 unspecified atom stereocenters. The average Bonchev–Trinajstić information content (AvgIpc) is 3.04. The van der Waals surface area contributed by atoms with Gasteiger partial charge in [0.15, 0.2) is 6.04 Å². The van der Waals surface area contributed by atoms with Crippen molar-refractivity contribution in [3.05, 3.63) is 21.9 Å². The molecule has 1 amide bonds. The maximum Gasteiger partial charge on any atom is 0.331 e. The molecule has 1 saturated heterocycles.